The molecule has 1 aromatic carbocycles. The molecule has 664 valence electrons. The summed E-state index contributed by atoms with van der Waals surface area (Å²) in [6.45, 7) is 17.8. The van der Waals surface area contributed by atoms with Crippen LogP contribution >= 0.6 is 34.6 Å². The fourth-order valence-corrected chi connectivity index (χ4v) is 18.2. The number of hydrogen-bond donors (Lipinski definition) is 8. The van der Waals surface area contributed by atoms with E-state index in [1.165, 1.54) is 59.2 Å². The topological polar surface area (TPSA) is 516 Å². The van der Waals surface area contributed by atoms with Crippen molar-refractivity contribution >= 4 is 150 Å². The molecule has 1 aliphatic carbocycles. The van der Waals surface area contributed by atoms with Crippen LogP contribution in [-0.4, -0.2) is 274 Å². The Labute approximate surface area is 734 Å². The number of likely N-dealkylation sites (N-methyl/N-ethyl adjacent to an activating group) is 1. The highest BCUT2D eigenvalue weighted by molar-refractivity contribution is 7.10. The van der Waals surface area contributed by atoms with Crippen molar-refractivity contribution in [3.63, 3.8) is 0 Å². The third kappa shape index (κ3) is 21.9. The molecule has 1 saturated carbocycles. The van der Waals surface area contributed by atoms with Gasteiger partial charge in [0.15, 0.2) is 51.8 Å². The maximum Gasteiger partial charge on any atom is 0.320 e. The van der Waals surface area contributed by atoms with Crippen LogP contribution in [0.1, 0.15) is 179 Å². The van der Waals surface area contributed by atoms with E-state index in [9.17, 15) is 42.7 Å². The van der Waals surface area contributed by atoms with Gasteiger partial charge in [-0.15, -0.1) is 30.6 Å². The number of anilines is 12. The first-order chi connectivity index (χ1) is 59.8. The van der Waals surface area contributed by atoms with Crippen molar-refractivity contribution in [1.82, 2.24) is 103 Å². The Morgan fingerprint density at radius 2 is 0.952 bits per heavy atom. The molecule has 0 unspecified atom stereocenters. The standard InChI is InChI=1S/C25H28FN7O2.C19H27N9O2S.C18H25N9O2S.C18H26N8O2S/c1-32-14-19(11-29-32)30-25-23(24(27)35)28-12-22(31-25)33-9-8-20(26)18(13-33)10-21(34)17-6-4-16(5-7-17)15-2-3-15;1-11-10-14(31-25-11)21-17-15(16(20)29)23-24-18(22-17)27-8-4-6-13(12(27)2)28-9-5-7-26(3)19(28)30;1-10-9-13(30-24-10)20-16-14(15(19)28)22-23-17(21-16)26-6-4-5-12(11(26)2)27-8-7-25(3)18(27)29;1-10-8-13(29-24-10)20-17-15(16(19)28)22-23-18(21-17)26-7-5-6-12(11(26)2)9-14(27)25(3)4/h4-7,11-12,14-15,18,20H,2-3,8-10,13H2,1H3,(H2,27,35)(H,30,31);10,12-13H,4-9H2,1-3H3,(H2,20,29)(H,21,22,24);9,11-12H,4-8H2,1-3H3,(H2,19,28)(H,20,21,23);8,11-12H,5-7,9H2,1-4H3,(H2,19,28)(H,20,21,23)/t18-,20-;12-,13-;11-,12-;11-,12+/m0111/s1. The molecule has 125 heavy (non-hydrogen) atoms. The Hall–Kier alpha value is -12.7. The first-order valence-electron chi connectivity index (χ1n) is 41.6. The van der Waals surface area contributed by atoms with Crippen molar-refractivity contribution in [3.8, 4) is 0 Å². The van der Waals surface area contributed by atoms with Crippen LogP contribution in [0.15, 0.2) is 61.1 Å². The molecule has 14 heterocycles. The summed E-state index contributed by atoms with van der Waals surface area (Å²) in [4.78, 5) is 137. The maximum absolute atomic E-state index is 14.8. The van der Waals surface area contributed by atoms with Gasteiger partial charge in [0.2, 0.25) is 23.8 Å². The van der Waals surface area contributed by atoms with Gasteiger partial charge in [-0.05, 0) is 176 Å². The van der Waals surface area contributed by atoms with Crippen LogP contribution < -0.4 is 63.8 Å². The number of piperidine rings is 4. The number of nitrogens with one attached hydrogen (secondary N) is 4. The van der Waals surface area contributed by atoms with Crippen molar-refractivity contribution in [3.05, 3.63) is 112 Å². The van der Waals surface area contributed by atoms with Gasteiger partial charge in [-0.25, -0.2) is 23.9 Å². The largest absolute Gasteiger partial charge is 0.364 e. The molecule has 7 fully saturated rings. The number of aromatic nitrogens is 16. The van der Waals surface area contributed by atoms with E-state index in [0.717, 1.165) is 123 Å². The number of amides is 9. The number of nitrogens with zero attached hydrogens (tertiary/aromatic N) is 25. The van der Waals surface area contributed by atoms with Gasteiger partial charge in [0, 0.05) is 143 Å². The lowest BCUT2D eigenvalue weighted by Gasteiger charge is -2.47. The Morgan fingerprint density at radius 3 is 1.38 bits per heavy atom. The molecule has 16 rings (SSSR count). The normalized spacial score (nSPS) is 20.8. The van der Waals surface area contributed by atoms with E-state index in [1.54, 1.807) is 52.9 Å². The molecular weight excluding hydrogens is 1670 g/mol. The molecule has 8 aromatic heterocycles. The summed E-state index contributed by atoms with van der Waals surface area (Å²) in [6.07, 6.45) is 13.5. The highest BCUT2D eigenvalue weighted by Gasteiger charge is 2.42. The van der Waals surface area contributed by atoms with Gasteiger partial charge < -0.3 is 88.3 Å². The molecule has 8 atom stereocenters. The van der Waals surface area contributed by atoms with E-state index in [4.69, 9.17) is 22.9 Å². The fraction of sp³-hybridized carbons (Fsp3) is 0.512. The Morgan fingerprint density at radius 1 is 0.496 bits per heavy atom. The summed E-state index contributed by atoms with van der Waals surface area (Å²) in [5.74, 6) is 0.234. The van der Waals surface area contributed by atoms with Crippen molar-refractivity contribution < 1.29 is 42.7 Å². The van der Waals surface area contributed by atoms with Crippen LogP contribution in [0.25, 0.3) is 0 Å². The van der Waals surface area contributed by atoms with E-state index >= 15 is 0 Å². The van der Waals surface area contributed by atoms with Crippen LogP contribution in [0.4, 0.5) is 81.6 Å². The number of carbonyl (C=O) groups excluding carboxylic acids is 8. The quantitative estimate of drug-likeness (QED) is 0.0268. The molecule has 12 N–H and O–H groups in total. The lowest BCUT2D eigenvalue weighted by atomic mass is 9.87. The van der Waals surface area contributed by atoms with Gasteiger partial charge in [-0.3, -0.25) is 33.4 Å². The minimum atomic E-state index is -1.08. The molecule has 45 heteroatoms. The highest BCUT2D eigenvalue weighted by Crippen LogP contribution is 2.41. The van der Waals surface area contributed by atoms with Crippen LogP contribution in [0, 0.1) is 32.6 Å². The zero-order valence-electron chi connectivity index (χ0n) is 71.7. The van der Waals surface area contributed by atoms with Gasteiger partial charge >= 0.3 is 12.1 Å². The van der Waals surface area contributed by atoms with E-state index in [2.05, 4.69) is 121 Å². The molecule has 9 amide bonds. The lowest BCUT2D eigenvalue weighted by Crippen LogP contribution is -2.60. The summed E-state index contributed by atoms with van der Waals surface area (Å²) in [7, 11) is 8.97. The number of Topliss-reactive ketones (excluding diaryl/α,β-unsaturated/α-hetero) is 1. The molecular formula is C80H106FN33O8S3. The lowest BCUT2D eigenvalue weighted by molar-refractivity contribution is -0.130. The average Bonchev–Trinajstić information content (AvgIpc) is 1.77. The van der Waals surface area contributed by atoms with Gasteiger partial charge in [0.25, 0.3) is 23.6 Å². The summed E-state index contributed by atoms with van der Waals surface area (Å²) < 4.78 is 29.1. The number of hydrogen-bond acceptors (Lipinski definition) is 34. The van der Waals surface area contributed by atoms with Crippen molar-refractivity contribution in [1.29, 1.82) is 0 Å². The SMILES string of the molecule is Cc1cc(Nc2nc(N3CCC[C@@H](CC(=O)N(C)C)[C@H]3C)nnc2C(N)=O)sn1.Cc1cc(Nc2nc(N3CCC[C@@H](N4CCCN(C)C4=O)[C@H]3C)nnc2C(N)=O)sn1.Cc1cc(Nc2nc(N3CCC[C@@H](N4CCN(C)C4=O)[C@H]3C)nnc2C(N)=O)sn1.Cn1cc(Nc2nc(N3CC[C@H](F)[C@@H](CC(=O)c4ccc(C5CC5)cc4)C3)cnc2C(N)=O)cn1. The molecule has 6 saturated heterocycles. The number of rotatable bonds is 24. The number of nitrogens with two attached hydrogens (primary N) is 4. The molecule has 7 aliphatic rings. The smallest absolute Gasteiger partial charge is 0.320 e. The van der Waals surface area contributed by atoms with Crippen LogP contribution in [0.3, 0.4) is 0 Å². The second kappa shape index (κ2) is 39.9. The Bertz CT molecular complexity index is 5380. The summed E-state index contributed by atoms with van der Waals surface area (Å²) >= 11 is 3.78. The third-order valence-electron chi connectivity index (χ3n) is 23.3. The monoisotopic (exact) mass is 1770 g/mol. The average molecular weight is 1770 g/mol. The minimum absolute atomic E-state index is 0.000599. The number of alkyl halides is 1. The second-order valence-electron chi connectivity index (χ2n) is 32.5. The number of aryl methyl sites for hydroxylation is 4. The predicted molar refractivity (Wildman–Crippen MR) is 472 cm³/mol. The first-order valence-corrected chi connectivity index (χ1v) is 43.9. The third-order valence-corrected chi connectivity index (χ3v) is 25.6. The Kier molecular flexibility index (Phi) is 28.7. The van der Waals surface area contributed by atoms with Gasteiger partial charge in [0.1, 0.15) is 27.0 Å². The van der Waals surface area contributed by atoms with Crippen LogP contribution in [0.2, 0.25) is 0 Å². The van der Waals surface area contributed by atoms with E-state index in [0.29, 0.717) is 60.3 Å². The number of benzene rings is 1. The fourth-order valence-electron chi connectivity index (χ4n) is 16.2. The molecule has 0 spiro atoms. The highest BCUT2D eigenvalue weighted by atomic mass is 32.1. The van der Waals surface area contributed by atoms with Crippen LogP contribution in [0.5, 0.6) is 0 Å². The van der Waals surface area contributed by atoms with Gasteiger partial charge in [-0.2, -0.15) is 33.2 Å². The van der Waals surface area contributed by atoms with E-state index in [1.807, 2.05) is 102 Å². The summed E-state index contributed by atoms with van der Waals surface area (Å²) in [5, 5.41) is 43.2. The molecule has 6 aliphatic heterocycles. The molecule has 9 aromatic rings. The van der Waals surface area contributed by atoms with Crippen LogP contribution in [-0.2, 0) is 11.8 Å². The molecule has 0 radical (unpaired) electrons. The number of urea groups is 2. The number of halogens is 1. The van der Waals surface area contributed by atoms with Gasteiger partial charge in [-0.1, -0.05) is 24.3 Å². The summed E-state index contributed by atoms with van der Waals surface area (Å²) in [6, 6.07) is 13.6. The van der Waals surface area contributed by atoms with Gasteiger partial charge in [0.05, 0.1) is 47.2 Å². The summed E-state index contributed by atoms with van der Waals surface area (Å²) in [5.41, 5.74) is 26.9. The number of ketones is 1. The van der Waals surface area contributed by atoms with E-state index in [-0.39, 0.29) is 119 Å². The second-order valence-corrected chi connectivity index (χ2v) is 34.9. The van der Waals surface area contributed by atoms with E-state index < -0.39 is 35.7 Å². The van der Waals surface area contributed by atoms with Crippen molar-refractivity contribution in [2.24, 2.45) is 41.8 Å². The molecule has 0 bridgehead atoms. The zero-order valence-corrected chi connectivity index (χ0v) is 74.1. The number of carbonyl (C=O) groups is 8. The first kappa shape index (κ1) is 90.1. The number of primary amides is 4. The molecule has 41 nitrogen and oxygen atoms in total. The zero-order chi connectivity index (χ0) is 89.2. The van der Waals surface area contributed by atoms with Crippen molar-refractivity contribution in [2.45, 2.75) is 161 Å². The minimum Gasteiger partial charge on any atom is -0.364 e. The van der Waals surface area contributed by atoms with Crippen molar-refractivity contribution in [2.75, 3.05) is 128 Å². The predicted octanol–water partition coefficient (Wildman–Crippen LogP) is 7.73. The Balaban J connectivity index is 0.000000143. The maximum atomic E-state index is 14.8.